The van der Waals surface area contributed by atoms with Gasteiger partial charge in [-0.1, -0.05) is 0 Å². The van der Waals surface area contributed by atoms with Crippen LogP contribution in [0.4, 0.5) is 14.6 Å². The largest absolute Gasteiger partial charge is 0.364 e. The highest BCUT2D eigenvalue weighted by Gasteiger charge is 2.09. The van der Waals surface area contributed by atoms with Crippen molar-refractivity contribution in [3.63, 3.8) is 0 Å². The van der Waals surface area contributed by atoms with Crippen LogP contribution in [0.5, 0.6) is 0 Å². The van der Waals surface area contributed by atoms with Gasteiger partial charge in [-0.2, -0.15) is 0 Å². The Labute approximate surface area is 93.1 Å². The van der Waals surface area contributed by atoms with Crippen molar-refractivity contribution < 1.29 is 8.78 Å². The van der Waals surface area contributed by atoms with Gasteiger partial charge >= 0.3 is 0 Å². The lowest BCUT2D eigenvalue weighted by molar-refractivity contribution is 0.163. The Bertz CT molecular complexity index is 474. The molecule has 0 aliphatic carbocycles. The molecule has 0 atom stereocenters. The van der Waals surface area contributed by atoms with E-state index >= 15 is 0 Å². The molecule has 0 aromatic carbocycles. The maximum Gasteiger partial charge on any atom is 0.255 e. The zero-order valence-electron chi connectivity index (χ0n) is 7.38. The molecule has 0 aliphatic rings. The molecular formula is C8H6ClF2N3S. The normalized spacial score (nSPS) is 11.2. The zero-order valence-corrected chi connectivity index (χ0v) is 8.95. The van der Waals surface area contributed by atoms with Crippen molar-refractivity contribution in [2.75, 3.05) is 11.9 Å². The van der Waals surface area contributed by atoms with Gasteiger partial charge in [0, 0.05) is 0 Å². The summed E-state index contributed by atoms with van der Waals surface area (Å²) in [7, 11) is 0. The minimum atomic E-state index is -2.42. The monoisotopic (exact) mass is 249 g/mol. The van der Waals surface area contributed by atoms with Crippen molar-refractivity contribution in [3.05, 3.63) is 16.7 Å². The number of nitrogens with zero attached hydrogens (tertiary/aromatic N) is 2. The van der Waals surface area contributed by atoms with E-state index in [-0.39, 0.29) is 5.28 Å². The van der Waals surface area contributed by atoms with E-state index in [4.69, 9.17) is 11.6 Å². The number of aromatic nitrogens is 2. The van der Waals surface area contributed by atoms with E-state index in [0.29, 0.717) is 16.0 Å². The number of fused-ring (bicyclic) bond motifs is 1. The molecule has 15 heavy (non-hydrogen) atoms. The van der Waals surface area contributed by atoms with E-state index in [1.807, 2.05) is 5.38 Å². The number of thiophene rings is 1. The van der Waals surface area contributed by atoms with Gasteiger partial charge < -0.3 is 5.32 Å². The summed E-state index contributed by atoms with van der Waals surface area (Å²) in [5, 5.41) is 5.11. The zero-order chi connectivity index (χ0) is 10.8. The lowest BCUT2D eigenvalue weighted by atomic mass is 10.4. The number of hydrogen-bond acceptors (Lipinski definition) is 4. The molecule has 0 aliphatic heterocycles. The van der Waals surface area contributed by atoms with Gasteiger partial charge in [-0.05, 0) is 23.0 Å². The van der Waals surface area contributed by atoms with E-state index in [0.717, 1.165) is 0 Å². The molecule has 0 saturated heterocycles. The molecule has 2 heterocycles. The van der Waals surface area contributed by atoms with Gasteiger partial charge in [-0.25, -0.2) is 18.7 Å². The van der Waals surface area contributed by atoms with Gasteiger partial charge in [0.1, 0.15) is 10.6 Å². The SMILES string of the molecule is FC(F)CNc1nc(Cl)nc2sccc12. The van der Waals surface area contributed by atoms with Crippen LogP contribution in [0.25, 0.3) is 10.2 Å². The first kappa shape index (κ1) is 10.5. The van der Waals surface area contributed by atoms with Crippen LogP contribution in [-0.2, 0) is 0 Å². The molecule has 2 aromatic heterocycles. The van der Waals surface area contributed by atoms with Crippen molar-refractivity contribution in [2.45, 2.75) is 6.43 Å². The molecule has 2 aromatic rings. The second kappa shape index (κ2) is 4.24. The van der Waals surface area contributed by atoms with Crippen LogP contribution in [0.2, 0.25) is 5.28 Å². The van der Waals surface area contributed by atoms with Crippen molar-refractivity contribution in [3.8, 4) is 0 Å². The molecule has 7 heteroatoms. The van der Waals surface area contributed by atoms with Crippen LogP contribution in [0.15, 0.2) is 11.4 Å². The van der Waals surface area contributed by atoms with Crippen LogP contribution < -0.4 is 5.32 Å². The van der Waals surface area contributed by atoms with Crippen molar-refractivity contribution in [1.29, 1.82) is 0 Å². The number of anilines is 1. The van der Waals surface area contributed by atoms with Crippen LogP contribution in [-0.4, -0.2) is 22.9 Å². The number of rotatable bonds is 3. The summed E-state index contributed by atoms with van der Waals surface area (Å²) in [4.78, 5) is 8.52. The average Bonchev–Trinajstić information content (AvgIpc) is 2.61. The summed E-state index contributed by atoms with van der Waals surface area (Å²) < 4.78 is 24.0. The van der Waals surface area contributed by atoms with Crippen LogP contribution in [0, 0.1) is 0 Å². The van der Waals surface area contributed by atoms with E-state index in [2.05, 4.69) is 15.3 Å². The van der Waals surface area contributed by atoms with Crippen LogP contribution in [0.1, 0.15) is 0 Å². The third-order valence-electron chi connectivity index (χ3n) is 1.72. The molecule has 0 radical (unpaired) electrons. The maximum atomic E-state index is 12.0. The van der Waals surface area contributed by atoms with Crippen molar-refractivity contribution >= 4 is 39.0 Å². The van der Waals surface area contributed by atoms with E-state index < -0.39 is 13.0 Å². The highest BCUT2D eigenvalue weighted by atomic mass is 35.5. The molecule has 0 amide bonds. The molecule has 80 valence electrons. The lowest BCUT2D eigenvalue weighted by Gasteiger charge is -2.05. The van der Waals surface area contributed by atoms with Gasteiger partial charge in [-0.15, -0.1) is 11.3 Å². The highest BCUT2D eigenvalue weighted by molar-refractivity contribution is 7.16. The lowest BCUT2D eigenvalue weighted by Crippen LogP contribution is -2.11. The van der Waals surface area contributed by atoms with Gasteiger partial charge in [0.2, 0.25) is 5.28 Å². The molecule has 1 N–H and O–H groups in total. The fraction of sp³-hybridized carbons (Fsp3) is 0.250. The highest BCUT2D eigenvalue weighted by Crippen LogP contribution is 2.26. The Morgan fingerprint density at radius 3 is 3.00 bits per heavy atom. The average molecular weight is 250 g/mol. The number of nitrogens with one attached hydrogen (secondary N) is 1. The molecule has 2 rings (SSSR count). The van der Waals surface area contributed by atoms with Crippen molar-refractivity contribution in [1.82, 2.24) is 9.97 Å². The quantitative estimate of drug-likeness (QED) is 0.850. The Kier molecular flexibility index (Phi) is 2.97. The fourth-order valence-electron chi connectivity index (χ4n) is 1.14. The topological polar surface area (TPSA) is 37.8 Å². The third-order valence-corrected chi connectivity index (χ3v) is 2.70. The Hall–Kier alpha value is -1.01. The number of alkyl halides is 2. The molecular weight excluding hydrogens is 244 g/mol. The summed E-state index contributed by atoms with van der Waals surface area (Å²) in [6.45, 7) is -0.446. The molecule has 0 unspecified atom stereocenters. The molecule has 3 nitrogen and oxygen atoms in total. The second-order valence-electron chi connectivity index (χ2n) is 2.75. The van der Waals surface area contributed by atoms with Gasteiger partial charge in [-0.3, -0.25) is 0 Å². The van der Waals surface area contributed by atoms with Crippen LogP contribution in [0.3, 0.4) is 0 Å². The Morgan fingerprint density at radius 2 is 2.27 bits per heavy atom. The minimum absolute atomic E-state index is 0.0571. The molecule has 0 bridgehead atoms. The van der Waals surface area contributed by atoms with Gasteiger partial charge in [0.05, 0.1) is 11.9 Å². The summed E-state index contributed by atoms with van der Waals surface area (Å²) in [5.74, 6) is 0.353. The Balaban J connectivity index is 2.35. The van der Waals surface area contributed by atoms with E-state index in [1.165, 1.54) is 11.3 Å². The fourth-order valence-corrected chi connectivity index (χ4v) is 2.12. The second-order valence-corrected chi connectivity index (χ2v) is 3.99. The number of hydrogen-bond donors (Lipinski definition) is 1. The maximum absolute atomic E-state index is 12.0. The first-order chi connectivity index (χ1) is 7.16. The standard InChI is InChI=1S/C8H6ClF2N3S/c9-8-13-6(12-3-5(10)11)4-1-2-15-7(4)14-8/h1-2,5H,3H2,(H,12,13,14). The van der Waals surface area contributed by atoms with Crippen molar-refractivity contribution in [2.24, 2.45) is 0 Å². The summed E-state index contributed by atoms with van der Waals surface area (Å²) in [5.41, 5.74) is 0. The van der Waals surface area contributed by atoms with Crippen LogP contribution >= 0.6 is 22.9 Å². The van der Waals surface area contributed by atoms with Gasteiger partial charge in [0.15, 0.2) is 0 Å². The first-order valence-corrected chi connectivity index (χ1v) is 5.35. The minimum Gasteiger partial charge on any atom is -0.364 e. The smallest absolute Gasteiger partial charge is 0.255 e. The predicted molar refractivity (Wildman–Crippen MR) is 56.9 cm³/mol. The molecule has 0 saturated carbocycles. The third kappa shape index (κ3) is 2.32. The predicted octanol–water partition coefficient (Wildman–Crippen LogP) is 3.02. The first-order valence-electron chi connectivity index (χ1n) is 4.09. The molecule has 0 spiro atoms. The van der Waals surface area contributed by atoms with E-state index in [1.54, 1.807) is 6.07 Å². The number of halogens is 3. The van der Waals surface area contributed by atoms with E-state index in [9.17, 15) is 8.78 Å². The summed E-state index contributed by atoms with van der Waals surface area (Å²) in [6.07, 6.45) is -2.42. The Morgan fingerprint density at radius 1 is 1.47 bits per heavy atom. The molecule has 0 fully saturated rings. The summed E-state index contributed by atoms with van der Waals surface area (Å²) in [6, 6.07) is 1.77. The summed E-state index contributed by atoms with van der Waals surface area (Å²) >= 11 is 7.04. The van der Waals surface area contributed by atoms with Gasteiger partial charge in [0.25, 0.3) is 6.43 Å².